The van der Waals surface area contributed by atoms with Gasteiger partial charge in [0.25, 0.3) is 5.91 Å². The summed E-state index contributed by atoms with van der Waals surface area (Å²) in [7, 11) is 4.49. The number of thiophene rings is 1. The minimum atomic E-state index is -0.398. The van der Waals surface area contributed by atoms with Crippen LogP contribution >= 0.6 is 11.3 Å². The Morgan fingerprint density at radius 2 is 1.80 bits per heavy atom. The molecule has 1 aromatic carbocycles. The molecule has 1 atom stereocenters. The molecule has 2 aromatic rings. The van der Waals surface area contributed by atoms with Gasteiger partial charge in [0.2, 0.25) is 5.75 Å². The third-order valence-corrected chi connectivity index (χ3v) is 6.31. The largest absolute Gasteiger partial charge is 0.493 e. The third-order valence-electron chi connectivity index (χ3n) is 5.15. The molecular weight excluding hydrogens is 406 g/mol. The Kier molecular flexibility index (Phi) is 6.87. The Labute approximate surface area is 180 Å². The molecule has 0 bridgehead atoms. The summed E-state index contributed by atoms with van der Waals surface area (Å²) in [6.45, 7) is 4.24. The summed E-state index contributed by atoms with van der Waals surface area (Å²) in [5.74, 6) is 0.948. The summed E-state index contributed by atoms with van der Waals surface area (Å²) < 4.78 is 21.3. The number of anilines is 1. The molecule has 1 heterocycles. The highest BCUT2D eigenvalue weighted by Gasteiger charge is 2.29. The lowest BCUT2D eigenvalue weighted by Crippen LogP contribution is -2.17. The summed E-state index contributed by atoms with van der Waals surface area (Å²) in [4.78, 5) is 26.8. The van der Waals surface area contributed by atoms with Crippen LogP contribution in [-0.2, 0) is 17.6 Å². The lowest BCUT2D eigenvalue weighted by atomic mass is 9.88. The van der Waals surface area contributed by atoms with E-state index in [-0.39, 0.29) is 12.5 Å². The van der Waals surface area contributed by atoms with Crippen LogP contribution in [0.4, 0.5) is 5.00 Å². The number of carbonyl (C=O) groups is 2. The van der Waals surface area contributed by atoms with Crippen molar-refractivity contribution in [1.29, 1.82) is 0 Å². The van der Waals surface area contributed by atoms with Gasteiger partial charge in [-0.1, -0.05) is 6.92 Å². The number of carbonyl (C=O) groups excluding carboxylic acids is 2. The maximum absolute atomic E-state index is 13.1. The smallest absolute Gasteiger partial charge is 0.341 e. The van der Waals surface area contributed by atoms with Crippen LogP contribution in [-0.4, -0.2) is 39.8 Å². The number of hydrogen-bond donors (Lipinski definition) is 1. The van der Waals surface area contributed by atoms with Crippen molar-refractivity contribution in [1.82, 2.24) is 0 Å². The van der Waals surface area contributed by atoms with E-state index in [1.165, 1.54) is 32.7 Å². The first-order valence-electron chi connectivity index (χ1n) is 9.86. The van der Waals surface area contributed by atoms with Crippen molar-refractivity contribution in [2.75, 3.05) is 33.3 Å². The molecule has 1 aromatic heterocycles. The van der Waals surface area contributed by atoms with Gasteiger partial charge in [0.1, 0.15) is 5.00 Å². The molecule has 162 valence electrons. The average Bonchev–Trinajstić information content (AvgIpc) is 3.09. The van der Waals surface area contributed by atoms with Crippen LogP contribution in [0.2, 0.25) is 0 Å². The van der Waals surface area contributed by atoms with Gasteiger partial charge in [0.05, 0.1) is 33.5 Å². The molecule has 1 amide bonds. The van der Waals surface area contributed by atoms with Crippen LogP contribution in [0.3, 0.4) is 0 Å². The summed E-state index contributed by atoms with van der Waals surface area (Å²) in [5, 5.41) is 3.42. The SMILES string of the molecule is CCOC(=O)c1c(NC(=O)c2cc(OC)c(OC)c(OC)c2)sc2c1CCC(C)C2. The van der Waals surface area contributed by atoms with Gasteiger partial charge in [-0.3, -0.25) is 4.79 Å². The lowest BCUT2D eigenvalue weighted by molar-refractivity contribution is 0.0526. The van der Waals surface area contributed by atoms with Gasteiger partial charge in [0, 0.05) is 10.4 Å². The summed E-state index contributed by atoms with van der Waals surface area (Å²) in [5.41, 5.74) is 1.81. The number of methoxy groups -OCH3 is 3. The monoisotopic (exact) mass is 433 g/mol. The molecule has 0 saturated heterocycles. The van der Waals surface area contributed by atoms with Gasteiger partial charge < -0.3 is 24.3 Å². The fourth-order valence-electron chi connectivity index (χ4n) is 3.65. The molecule has 3 rings (SSSR count). The Bertz CT molecular complexity index is 926. The van der Waals surface area contributed by atoms with E-state index in [9.17, 15) is 9.59 Å². The van der Waals surface area contributed by atoms with E-state index in [2.05, 4.69) is 12.2 Å². The molecule has 1 unspecified atom stereocenters. The highest BCUT2D eigenvalue weighted by atomic mass is 32.1. The van der Waals surface area contributed by atoms with Crippen LogP contribution in [0.15, 0.2) is 12.1 Å². The number of benzene rings is 1. The van der Waals surface area contributed by atoms with Crippen LogP contribution in [0.25, 0.3) is 0 Å². The van der Waals surface area contributed by atoms with Crippen molar-refractivity contribution < 1.29 is 28.5 Å². The molecule has 0 fully saturated rings. The van der Waals surface area contributed by atoms with Gasteiger partial charge >= 0.3 is 5.97 Å². The van der Waals surface area contributed by atoms with Crippen molar-refractivity contribution in [3.8, 4) is 17.2 Å². The summed E-state index contributed by atoms with van der Waals surface area (Å²) in [6.07, 6.45) is 2.71. The molecule has 0 aliphatic heterocycles. The maximum Gasteiger partial charge on any atom is 0.341 e. The highest BCUT2D eigenvalue weighted by Crippen LogP contribution is 2.41. The van der Waals surface area contributed by atoms with Crippen molar-refractivity contribution in [3.05, 3.63) is 33.7 Å². The number of nitrogens with one attached hydrogen (secondary N) is 1. The van der Waals surface area contributed by atoms with E-state index in [4.69, 9.17) is 18.9 Å². The number of ether oxygens (including phenoxy) is 4. The van der Waals surface area contributed by atoms with Crippen LogP contribution in [0, 0.1) is 5.92 Å². The zero-order valence-corrected chi connectivity index (χ0v) is 18.7. The number of esters is 1. The Hall–Kier alpha value is -2.74. The second-order valence-electron chi connectivity index (χ2n) is 7.14. The number of hydrogen-bond acceptors (Lipinski definition) is 7. The molecule has 1 aliphatic rings. The fourth-order valence-corrected chi connectivity index (χ4v) is 5.04. The van der Waals surface area contributed by atoms with Gasteiger partial charge in [0.15, 0.2) is 11.5 Å². The normalized spacial score (nSPS) is 15.2. The number of fused-ring (bicyclic) bond motifs is 1. The van der Waals surface area contributed by atoms with Crippen molar-refractivity contribution >= 4 is 28.2 Å². The van der Waals surface area contributed by atoms with E-state index >= 15 is 0 Å². The van der Waals surface area contributed by atoms with Gasteiger partial charge in [-0.15, -0.1) is 11.3 Å². The first kappa shape index (κ1) is 22.0. The summed E-state index contributed by atoms with van der Waals surface area (Å²) in [6, 6.07) is 3.16. The maximum atomic E-state index is 13.1. The predicted octanol–water partition coefficient (Wildman–Crippen LogP) is 4.33. The molecule has 0 spiro atoms. The minimum absolute atomic E-state index is 0.278. The van der Waals surface area contributed by atoms with Crippen LogP contribution in [0.1, 0.15) is 51.4 Å². The van der Waals surface area contributed by atoms with E-state index in [1.54, 1.807) is 19.1 Å². The molecule has 1 aliphatic carbocycles. The Morgan fingerprint density at radius 1 is 1.13 bits per heavy atom. The standard InChI is InChI=1S/C22H27NO6S/c1-6-29-22(25)18-14-8-7-12(2)9-17(14)30-21(18)23-20(24)13-10-15(26-3)19(28-5)16(11-13)27-4/h10-12H,6-9H2,1-5H3,(H,23,24). The molecule has 8 heteroatoms. The third kappa shape index (κ3) is 4.23. The predicted molar refractivity (Wildman–Crippen MR) is 116 cm³/mol. The summed E-state index contributed by atoms with van der Waals surface area (Å²) >= 11 is 1.45. The van der Waals surface area contributed by atoms with Crippen LogP contribution < -0.4 is 19.5 Å². The highest BCUT2D eigenvalue weighted by molar-refractivity contribution is 7.17. The van der Waals surface area contributed by atoms with E-state index < -0.39 is 5.97 Å². The molecule has 0 saturated carbocycles. The Morgan fingerprint density at radius 3 is 2.37 bits per heavy atom. The zero-order chi connectivity index (χ0) is 21.8. The van der Waals surface area contributed by atoms with Crippen molar-refractivity contribution in [2.24, 2.45) is 5.92 Å². The topological polar surface area (TPSA) is 83.1 Å². The molecule has 30 heavy (non-hydrogen) atoms. The number of rotatable bonds is 7. The van der Waals surface area contributed by atoms with Crippen molar-refractivity contribution in [2.45, 2.75) is 33.1 Å². The molecule has 1 N–H and O–H groups in total. The first-order valence-corrected chi connectivity index (χ1v) is 10.7. The number of amides is 1. The molecular formula is C22H27NO6S. The second kappa shape index (κ2) is 9.38. The molecule has 0 radical (unpaired) electrons. The van der Waals surface area contributed by atoms with E-state index in [0.29, 0.717) is 39.3 Å². The Balaban J connectivity index is 1.98. The zero-order valence-electron chi connectivity index (χ0n) is 17.9. The van der Waals surface area contributed by atoms with Gasteiger partial charge in [-0.2, -0.15) is 0 Å². The van der Waals surface area contributed by atoms with Crippen molar-refractivity contribution in [3.63, 3.8) is 0 Å². The average molecular weight is 434 g/mol. The minimum Gasteiger partial charge on any atom is -0.493 e. The van der Waals surface area contributed by atoms with E-state index in [1.807, 2.05) is 0 Å². The fraction of sp³-hybridized carbons (Fsp3) is 0.455. The van der Waals surface area contributed by atoms with E-state index in [0.717, 1.165) is 29.7 Å². The van der Waals surface area contributed by atoms with Crippen LogP contribution in [0.5, 0.6) is 17.2 Å². The van der Waals surface area contributed by atoms with Gasteiger partial charge in [-0.25, -0.2) is 4.79 Å². The molecule has 7 nitrogen and oxygen atoms in total. The van der Waals surface area contributed by atoms with Gasteiger partial charge in [-0.05, 0) is 49.8 Å². The quantitative estimate of drug-likeness (QED) is 0.655. The first-order chi connectivity index (χ1) is 14.4. The second-order valence-corrected chi connectivity index (χ2v) is 8.25. The lowest BCUT2D eigenvalue weighted by Gasteiger charge is -2.18.